The van der Waals surface area contributed by atoms with E-state index < -0.39 is 15.9 Å². The minimum atomic E-state index is -3.80. The van der Waals surface area contributed by atoms with E-state index >= 15 is 0 Å². The van der Waals surface area contributed by atoms with Gasteiger partial charge < -0.3 is 20.8 Å². The Hall–Kier alpha value is -3.49. The fraction of sp³-hybridized carbons (Fsp3) is 0.167. The monoisotopic (exact) mass is 586 g/mol. The summed E-state index contributed by atoms with van der Waals surface area (Å²) in [6.45, 7) is -0.575. The molecular weight excluding hydrogens is 564 g/mol. The molecule has 5 N–H and O–H groups in total. The molecule has 0 spiro atoms. The Balaban J connectivity index is 1.72. The van der Waals surface area contributed by atoms with Gasteiger partial charge in [-0.25, -0.2) is 23.1 Å². The van der Waals surface area contributed by atoms with Crippen molar-refractivity contribution in [3.63, 3.8) is 0 Å². The zero-order valence-corrected chi connectivity index (χ0v) is 21.8. The van der Waals surface area contributed by atoms with Gasteiger partial charge in [-0.2, -0.15) is 4.98 Å². The van der Waals surface area contributed by atoms with Crippen molar-refractivity contribution in [2.24, 2.45) is 0 Å². The van der Waals surface area contributed by atoms with Crippen LogP contribution in [-0.2, 0) is 10.0 Å². The molecule has 2 heterocycles. The molecule has 37 heavy (non-hydrogen) atoms. The van der Waals surface area contributed by atoms with E-state index in [-0.39, 0.29) is 48.5 Å². The molecular formula is C24H23BrN6O5S. The summed E-state index contributed by atoms with van der Waals surface area (Å²) in [5.74, 6) is -0.323. The summed E-state index contributed by atoms with van der Waals surface area (Å²) in [5, 5.41) is 24.2. The maximum Gasteiger partial charge on any atom is 0.270 e. The molecule has 2 aromatic heterocycles. The molecule has 0 unspecified atom stereocenters. The van der Waals surface area contributed by atoms with Gasteiger partial charge in [-0.1, -0.05) is 40.2 Å². The molecule has 4 aromatic rings. The van der Waals surface area contributed by atoms with E-state index in [0.29, 0.717) is 16.6 Å². The number of carbonyl (C=O) groups excluding carboxylic acids is 1. The number of benzene rings is 2. The summed E-state index contributed by atoms with van der Waals surface area (Å²) < 4.78 is 27.8. The largest absolute Gasteiger partial charge is 0.395 e. The van der Waals surface area contributed by atoms with Crippen LogP contribution < -0.4 is 15.4 Å². The summed E-state index contributed by atoms with van der Waals surface area (Å²) in [5.41, 5.74) is 2.10. The van der Waals surface area contributed by atoms with Gasteiger partial charge in [0.25, 0.3) is 5.91 Å². The van der Waals surface area contributed by atoms with E-state index in [1.165, 1.54) is 12.1 Å². The van der Waals surface area contributed by atoms with Crippen molar-refractivity contribution in [2.45, 2.75) is 4.90 Å². The third kappa shape index (κ3) is 6.26. The number of halogens is 1. The molecule has 0 saturated carbocycles. The number of hydrogen-bond acceptors (Lipinski definition) is 9. The molecule has 0 aliphatic rings. The fourth-order valence-corrected chi connectivity index (χ4v) is 5.03. The first kappa shape index (κ1) is 26.6. The molecule has 0 aliphatic heterocycles. The Kier molecular flexibility index (Phi) is 8.41. The van der Waals surface area contributed by atoms with Crippen molar-refractivity contribution >= 4 is 54.5 Å². The van der Waals surface area contributed by atoms with Crippen molar-refractivity contribution in [3.8, 4) is 11.1 Å². The highest BCUT2D eigenvalue weighted by molar-refractivity contribution is 9.10. The number of amides is 1. The Morgan fingerprint density at radius 1 is 0.946 bits per heavy atom. The van der Waals surface area contributed by atoms with Crippen molar-refractivity contribution in [3.05, 3.63) is 71.0 Å². The summed E-state index contributed by atoms with van der Waals surface area (Å²) in [6, 6.07) is 15.2. The maximum absolute atomic E-state index is 12.9. The number of nitrogens with zero attached hydrogens (tertiary/aromatic N) is 3. The molecule has 192 valence electrons. The normalized spacial score (nSPS) is 11.4. The van der Waals surface area contributed by atoms with Crippen LogP contribution in [0, 0.1) is 0 Å². The highest BCUT2D eigenvalue weighted by Gasteiger charge is 2.19. The number of hydrogen-bond donors (Lipinski definition) is 5. The number of nitrogens with one attached hydrogen (secondary N) is 3. The number of aliphatic hydroxyl groups is 2. The predicted molar refractivity (Wildman–Crippen MR) is 142 cm³/mol. The molecule has 13 heteroatoms. The minimum Gasteiger partial charge on any atom is -0.395 e. The van der Waals surface area contributed by atoms with Crippen LogP contribution in [-0.4, -0.2) is 65.8 Å². The van der Waals surface area contributed by atoms with E-state index in [1.807, 2.05) is 24.3 Å². The van der Waals surface area contributed by atoms with Gasteiger partial charge in [0.15, 0.2) is 5.65 Å². The van der Waals surface area contributed by atoms with E-state index in [1.54, 1.807) is 24.4 Å². The van der Waals surface area contributed by atoms with Gasteiger partial charge in [0.1, 0.15) is 5.69 Å². The zero-order chi connectivity index (χ0) is 26.4. The topological polar surface area (TPSA) is 166 Å². The SMILES string of the molecule is O=C(NCCO)c1nc2nc(Nc3cccc(S(=O)(=O)NCCO)c3)ncc2cc1-c1ccccc1Br. The zero-order valence-electron chi connectivity index (χ0n) is 19.3. The second kappa shape index (κ2) is 11.7. The number of sulfonamides is 1. The second-order valence-electron chi connectivity index (χ2n) is 7.72. The van der Waals surface area contributed by atoms with Gasteiger partial charge in [0.2, 0.25) is 16.0 Å². The van der Waals surface area contributed by atoms with E-state index in [4.69, 9.17) is 10.2 Å². The average molecular weight is 587 g/mol. The van der Waals surface area contributed by atoms with Gasteiger partial charge in [-0.3, -0.25) is 4.79 Å². The highest BCUT2D eigenvalue weighted by Crippen LogP contribution is 2.32. The van der Waals surface area contributed by atoms with Crippen LogP contribution in [0.25, 0.3) is 22.2 Å². The van der Waals surface area contributed by atoms with Crippen LogP contribution in [0.4, 0.5) is 11.6 Å². The van der Waals surface area contributed by atoms with Gasteiger partial charge in [-0.15, -0.1) is 0 Å². The summed E-state index contributed by atoms with van der Waals surface area (Å²) in [4.78, 5) is 26.1. The summed E-state index contributed by atoms with van der Waals surface area (Å²) >= 11 is 3.51. The number of aromatic nitrogens is 3. The summed E-state index contributed by atoms with van der Waals surface area (Å²) in [6.07, 6.45) is 1.55. The Morgan fingerprint density at radius 2 is 1.73 bits per heavy atom. The van der Waals surface area contributed by atoms with Crippen LogP contribution in [0.1, 0.15) is 10.5 Å². The van der Waals surface area contributed by atoms with Gasteiger partial charge in [0.05, 0.1) is 18.1 Å². The molecule has 0 atom stereocenters. The minimum absolute atomic E-state index is 0.00536. The number of anilines is 2. The number of carbonyl (C=O) groups is 1. The fourth-order valence-electron chi connectivity index (χ4n) is 3.47. The molecule has 11 nitrogen and oxygen atoms in total. The lowest BCUT2D eigenvalue weighted by Gasteiger charge is -2.13. The first-order valence-electron chi connectivity index (χ1n) is 11.1. The second-order valence-corrected chi connectivity index (χ2v) is 10.3. The van der Waals surface area contributed by atoms with E-state index in [0.717, 1.165) is 10.0 Å². The van der Waals surface area contributed by atoms with Gasteiger partial charge in [0, 0.05) is 40.4 Å². The average Bonchev–Trinajstić information content (AvgIpc) is 2.90. The smallest absolute Gasteiger partial charge is 0.270 e. The van der Waals surface area contributed by atoms with Crippen LogP contribution in [0.2, 0.25) is 0 Å². The number of rotatable bonds is 10. The molecule has 0 fully saturated rings. The molecule has 0 saturated heterocycles. The van der Waals surface area contributed by atoms with Crippen LogP contribution in [0.15, 0.2) is 70.2 Å². The number of fused-ring (bicyclic) bond motifs is 1. The third-order valence-electron chi connectivity index (χ3n) is 5.15. The lowest BCUT2D eigenvalue weighted by molar-refractivity contribution is 0.0941. The van der Waals surface area contributed by atoms with Crippen molar-refractivity contribution in [2.75, 3.05) is 31.6 Å². The molecule has 4 rings (SSSR count). The quantitative estimate of drug-likeness (QED) is 0.187. The standard InChI is InChI=1S/C24H23BrN6O5S/c25-20-7-2-1-6-18(20)19-12-15-14-27-24(31-22(15)30-21(19)23(34)26-8-10-32)29-16-4-3-5-17(13-16)37(35,36)28-9-11-33/h1-7,12-14,28,32-33H,8-11H2,(H,26,34)(H,27,29,30,31). The first-order chi connectivity index (χ1) is 17.8. The highest BCUT2D eigenvalue weighted by atomic mass is 79.9. The van der Waals surface area contributed by atoms with Crippen molar-refractivity contribution in [1.29, 1.82) is 0 Å². The van der Waals surface area contributed by atoms with Crippen LogP contribution in [0.5, 0.6) is 0 Å². The van der Waals surface area contributed by atoms with Crippen molar-refractivity contribution in [1.82, 2.24) is 25.0 Å². The molecule has 1 amide bonds. The van der Waals surface area contributed by atoms with Crippen molar-refractivity contribution < 1.29 is 23.4 Å². The Bertz CT molecular complexity index is 1550. The lowest BCUT2D eigenvalue weighted by Crippen LogP contribution is -2.28. The van der Waals surface area contributed by atoms with Gasteiger partial charge in [-0.05, 0) is 35.9 Å². The Labute approximate surface area is 221 Å². The maximum atomic E-state index is 12.9. The third-order valence-corrected chi connectivity index (χ3v) is 7.30. The van der Waals surface area contributed by atoms with E-state index in [2.05, 4.69) is 46.2 Å². The first-order valence-corrected chi connectivity index (χ1v) is 13.4. The predicted octanol–water partition coefficient (Wildman–Crippen LogP) is 2.19. The molecule has 2 aromatic carbocycles. The molecule has 0 radical (unpaired) electrons. The number of pyridine rings is 1. The van der Waals surface area contributed by atoms with Crippen LogP contribution in [0.3, 0.4) is 0 Å². The lowest BCUT2D eigenvalue weighted by atomic mass is 10.0. The molecule has 0 bridgehead atoms. The van der Waals surface area contributed by atoms with E-state index in [9.17, 15) is 13.2 Å². The Morgan fingerprint density at radius 3 is 2.49 bits per heavy atom. The summed E-state index contributed by atoms with van der Waals surface area (Å²) in [7, 11) is -3.80. The van der Waals surface area contributed by atoms with Crippen LogP contribution >= 0.6 is 15.9 Å². The van der Waals surface area contributed by atoms with Gasteiger partial charge >= 0.3 is 0 Å². The molecule has 0 aliphatic carbocycles. The number of aliphatic hydroxyl groups excluding tert-OH is 2.